The fraction of sp³-hybridized carbons (Fsp3) is 0.400. The molecular weight excluding hydrogens is 284 g/mol. The van der Waals surface area contributed by atoms with Gasteiger partial charge in [-0.05, 0) is 19.1 Å². The van der Waals surface area contributed by atoms with E-state index in [1.54, 1.807) is 4.90 Å². The number of H-pyrrole nitrogens is 1. The molecule has 1 aromatic carbocycles. The third-order valence-electron chi connectivity index (χ3n) is 3.04. The lowest BCUT2D eigenvalue weighted by molar-refractivity contribution is -0.116. The maximum absolute atomic E-state index is 12.3. The summed E-state index contributed by atoms with van der Waals surface area (Å²) in [5, 5.41) is 7.64. The first-order valence-corrected chi connectivity index (χ1v) is 8.01. The third-order valence-corrected chi connectivity index (χ3v) is 3.87. The first-order valence-electron chi connectivity index (χ1n) is 7.02. The van der Waals surface area contributed by atoms with Crippen molar-refractivity contribution >= 4 is 23.4 Å². The molecule has 0 atom stereocenters. The molecule has 1 aromatic heterocycles. The predicted molar refractivity (Wildman–Crippen MR) is 85.7 cm³/mol. The average Bonchev–Trinajstić information content (AvgIpc) is 2.96. The summed E-state index contributed by atoms with van der Waals surface area (Å²) >= 11 is 1.36. The quantitative estimate of drug-likeness (QED) is 0.833. The zero-order chi connectivity index (χ0) is 15.2. The number of thioether (sulfide) groups is 1. The highest BCUT2D eigenvalue weighted by atomic mass is 32.2. The van der Waals surface area contributed by atoms with Crippen LogP contribution in [0.5, 0.6) is 0 Å². The molecule has 0 saturated heterocycles. The molecule has 0 unspecified atom stereocenters. The summed E-state index contributed by atoms with van der Waals surface area (Å²) in [6, 6.07) is 9.69. The molecule has 5 nitrogen and oxygen atoms in total. The molecule has 1 amide bonds. The summed E-state index contributed by atoms with van der Waals surface area (Å²) in [7, 11) is 0. The standard InChI is InChI=1S/C15H20N4OS/c1-4-19(12-8-6-5-7-9-12)13(20)10-21-15-16-14(11(2)3)17-18-15/h5-9,11H,4,10H2,1-3H3,(H,16,17,18). The van der Waals surface area contributed by atoms with Crippen molar-refractivity contribution in [3.8, 4) is 0 Å². The molecule has 0 saturated carbocycles. The number of aromatic amines is 1. The van der Waals surface area contributed by atoms with E-state index in [4.69, 9.17) is 0 Å². The van der Waals surface area contributed by atoms with Crippen LogP contribution in [0.4, 0.5) is 5.69 Å². The van der Waals surface area contributed by atoms with Crippen molar-refractivity contribution in [1.82, 2.24) is 15.2 Å². The topological polar surface area (TPSA) is 61.9 Å². The van der Waals surface area contributed by atoms with Gasteiger partial charge in [0.15, 0.2) is 0 Å². The third kappa shape index (κ3) is 4.07. The number of nitrogens with one attached hydrogen (secondary N) is 1. The molecule has 2 rings (SSSR count). The number of para-hydroxylation sites is 1. The number of hydrogen-bond acceptors (Lipinski definition) is 4. The van der Waals surface area contributed by atoms with Crippen LogP contribution in [-0.4, -0.2) is 33.4 Å². The monoisotopic (exact) mass is 304 g/mol. The zero-order valence-electron chi connectivity index (χ0n) is 12.5. The van der Waals surface area contributed by atoms with Crippen molar-refractivity contribution in [2.45, 2.75) is 31.8 Å². The first kappa shape index (κ1) is 15.6. The van der Waals surface area contributed by atoms with Gasteiger partial charge in [-0.25, -0.2) is 4.98 Å². The van der Waals surface area contributed by atoms with Gasteiger partial charge in [0.05, 0.1) is 5.75 Å². The largest absolute Gasteiger partial charge is 0.312 e. The molecule has 21 heavy (non-hydrogen) atoms. The van der Waals surface area contributed by atoms with Gasteiger partial charge in [-0.2, -0.15) is 0 Å². The van der Waals surface area contributed by atoms with Gasteiger partial charge in [-0.15, -0.1) is 5.10 Å². The van der Waals surface area contributed by atoms with Crippen LogP contribution in [-0.2, 0) is 4.79 Å². The van der Waals surface area contributed by atoms with Crippen LogP contribution in [0.2, 0.25) is 0 Å². The molecule has 2 aromatic rings. The van der Waals surface area contributed by atoms with Gasteiger partial charge in [0.25, 0.3) is 0 Å². The minimum absolute atomic E-state index is 0.0598. The molecule has 0 spiro atoms. The number of benzene rings is 1. The molecule has 0 fully saturated rings. The molecule has 0 aliphatic heterocycles. The Morgan fingerprint density at radius 3 is 2.62 bits per heavy atom. The van der Waals surface area contributed by atoms with E-state index in [9.17, 15) is 4.79 Å². The van der Waals surface area contributed by atoms with Crippen molar-refractivity contribution < 1.29 is 4.79 Å². The van der Waals surface area contributed by atoms with E-state index in [-0.39, 0.29) is 5.91 Å². The number of nitrogens with zero attached hydrogens (tertiary/aromatic N) is 3. The number of carbonyl (C=O) groups is 1. The van der Waals surface area contributed by atoms with Crippen LogP contribution in [0.25, 0.3) is 0 Å². The zero-order valence-corrected chi connectivity index (χ0v) is 13.4. The molecule has 0 radical (unpaired) electrons. The molecule has 6 heteroatoms. The SMILES string of the molecule is CCN(C(=O)CSc1n[nH]c(C(C)C)n1)c1ccccc1. The van der Waals surface area contributed by atoms with Crippen molar-refractivity contribution in [2.75, 3.05) is 17.2 Å². The second kappa shape index (κ2) is 7.26. The van der Waals surface area contributed by atoms with Gasteiger partial charge < -0.3 is 4.90 Å². The minimum atomic E-state index is 0.0598. The average molecular weight is 304 g/mol. The summed E-state index contributed by atoms with van der Waals surface area (Å²) < 4.78 is 0. The lowest BCUT2D eigenvalue weighted by Gasteiger charge is -2.20. The molecule has 1 heterocycles. The molecule has 1 N–H and O–H groups in total. The van der Waals surface area contributed by atoms with E-state index < -0.39 is 0 Å². The Morgan fingerprint density at radius 1 is 1.33 bits per heavy atom. The van der Waals surface area contributed by atoms with E-state index in [1.165, 1.54) is 11.8 Å². The van der Waals surface area contributed by atoms with Crippen LogP contribution in [0.1, 0.15) is 32.5 Å². The number of amides is 1. The Bertz CT molecular complexity index is 582. The summed E-state index contributed by atoms with van der Waals surface area (Å²) in [5.74, 6) is 1.54. The van der Waals surface area contributed by atoms with Crippen LogP contribution < -0.4 is 4.90 Å². The minimum Gasteiger partial charge on any atom is -0.312 e. The Kier molecular flexibility index (Phi) is 5.38. The van der Waals surface area contributed by atoms with E-state index in [0.29, 0.717) is 23.4 Å². The Hall–Kier alpha value is -1.82. The smallest absolute Gasteiger partial charge is 0.237 e. The molecule has 112 valence electrons. The molecular formula is C15H20N4OS. The number of anilines is 1. The lowest BCUT2D eigenvalue weighted by atomic mass is 10.2. The normalized spacial score (nSPS) is 10.9. The fourth-order valence-corrected chi connectivity index (χ4v) is 2.58. The number of aromatic nitrogens is 3. The summed E-state index contributed by atoms with van der Waals surface area (Å²) in [5.41, 5.74) is 0.920. The predicted octanol–water partition coefficient (Wildman–Crippen LogP) is 3.07. The fourth-order valence-electron chi connectivity index (χ4n) is 1.90. The van der Waals surface area contributed by atoms with Crippen LogP contribution in [0.15, 0.2) is 35.5 Å². The van der Waals surface area contributed by atoms with Gasteiger partial charge in [-0.1, -0.05) is 43.8 Å². The highest BCUT2D eigenvalue weighted by molar-refractivity contribution is 7.99. The summed E-state index contributed by atoms with van der Waals surface area (Å²) in [6.45, 7) is 6.72. The van der Waals surface area contributed by atoms with Gasteiger partial charge in [0.1, 0.15) is 5.82 Å². The lowest BCUT2D eigenvalue weighted by Crippen LogP contribution is -2.32. The molecule has 0 aliphatic carbocycles. The second-order valence-corrected chi connectivity index (χ2v) is 5.86. The Balaban J connectivity index is 1.96. The van der Waals surface area contributed by atoms with Crippen molar-refractivity contribution in [3.63, 3.8) is 0 Å². The van der Waals surface area contributed by atoms with E-state index >= 15 is 0 Å². The van der Waals surface area contributed by atoms with Gasteiger partial charge >= 0.3 is 0 Å². The summed E-state index contributed by atoms with van der Waals surface area (Å²) in [6.07, 6.45) is 0. The number of carbonyl (C=O) groups excluding carboxylic acids is 1. The summed E-state index contributed by atoms with van der Waals surface area (Å²) in [4.78, 5) is 18.5. The highest BCUT2D eigenvalue weighted by Crippen LogP contribution is 2.19. The van der Waals surface area contributed by atoms with E-state index in [1.807, 2.05) is 51.1 Å². The number of hydrogen-bond donors (Lipinski definition) is 1. The van der Waals surface area contributed by atoms with Gasteiger partial charge in [0, 0.05) is 18.2 Å². The van der Waals surface area contributed by atoms with Crippen LogP contribution >= 0.6 is 11.8 Å². The highest BCUT2D eigenvalue weighted by Gasteiger charge is 2.15. The maximum Gasteiger partial charge on any atom is 0.237 e. The Labute approximate surface area is 129 Å². The maximum atomic E-state index is 12.3. The van der Waals surface area contributed by atoms with Gasteiger partial charge in [0.2, 0.25) is 11.1 Å². The Morgan fingerprint density at radius 2 is 2.05 bits per heavy atom. The van der Waals surface area contributed by atoms with Crippen molar-refractivity contribution in [3.05, 3.63) is 36.2 Å². The molecule has 0 bridgehead atoms. The van der Waals surface area contributed by atoms with E-state index in [0.717, 1.165) is 11.5 Å². The van der Waals surface area contributed by atoms with Gasteiger partial charge in [-0.3, -0.25) is 9.89 Å². The number of rotatable bonds is 6. The second-order valence-electron chi connectivity index (χ2n) is 4.92. The molecule has 0 aliphatic rings. The van der Waals surface area contributed by atoms with Crippen LogP contribution in [0.3, 0.4) is 0 Å². The van der Waals surface area contributed by atoms with Crippen LogP contribution in [0, 0.1) is 0 Å². The van der Waals surface area contributed by atoms with Crippen molar-refractivity contribution in [2.24, 2.45) is 0 Å². The van der Waals surface area contributed by atoms with E-state index in [2.05, 4.69) is 15.2 Å². The van der Waals surface area contributed by atoms with Crippen molar-refractivity contribution in [1.29, 1.82) is 0 Å². The first-order chi connectivity index (χ1) is 10.1.